The molecule has 1 N–H and O–H groups in total. The molecule has 0 bridgehead atoms. The number of hydrogen-bond donors (Lipinski definition) is 1. The quantitative estimate of drug-likeness (QED) is 0.812. The lowest BCUT2D eigenvalue weighted by molar-refractivity contribution is 0.120. The minimum atomic E-state index is 0.0303. The highest BCUT2D eigenvalue weighted by molar-refractivity contribution is 9.10. The van der Waals surface area contributed by atoms with Gasteiger partial charge < -0.3 is 19.2 Å². The summed E-state index contributed by atoms with van der Waals surface area (Å²) in [5, 5.41) is 10.2. The second-order valence-corrected chi connectivity index (χ2v) is 6.08. The fourth-order valence-corrected chi connectivity index (χ4v) is 2.88. The molecule has 1 aromatic carbocycles. The molecule has 0 spiro atoms. The van der Waals surface area contributed by atoms with E-state index in [0.717, 1.165) is 23.4 Å². The summed E-state index contributed by atoms with van der Waals surface area (Å²) in [7, 11) is 0. The van der Waals surface area contributed by atoms with E-state index in [2.05, 4.69) is 25.8 Å². The summed E-state index contributed by atoms with van der Waals surface area (Å²) in [6.07, 6.45) is 1.57. The van der Waals surface area contributed by atoms with Gasteiger partial charge in [-0.2, -0.15) is 0 Å². The summed E-state index contributed by atoms with van der Waals surface area (Å²) in [4.78, 5) is 6.34. The van der Waals surface area contributed by atoms with E-state index < -0.39 is 0 Å². The Balaban J connectivity index is 1.79. The average molecular weight is 386 g/mol. The van der Waals surface area contributed by atoms with Gasteiger partial charge >= 0.3 is 0 Å². The molecule has 0 saturated carbocycles. The smallest absolute Gasteiger partial charge is 0.210 e. The summed E-state index contributed by atoms with van der Waals surface area (Å²) >= 11 is 9.29. The highest BCUT2D eigenvalue weighted by Crippen LogP contribution is 2.32. The second kappa shape index (κ2) is 6.73. The number of aliphatic imine (C=N–C) groups is 1. The Kier molecular flexibility index (Phi) is 4.71. The van der Waals surface area contributed by atoms with E-state index in [1.807, 2.05) is 6.07 Å². The number of anilines is 1. The molecule has 7 heteroatoms. The van der Waals surface area contributed by atoms with Gasteiger partial charge in [0.25, 0.3) is 0 Å². The third-order valence-corrected chi connectivity index (χ3v) is 4.06. The molecule has 1 aliphatic heterocycles. The van der Waals surface area contributed by atoms with Crippen LogP contribution in [0, 0.1) is 0 Å². The molecular formula is C15H14BrClN2O3. The molecular weight excluding hydrogens is 372 g/mol. The van der Waals surface area contributed by atoms with E-state index >= 15 is 0 Å². The molecule has 2 aromatic rings. The van der Waals surface area contributed by atoms with Crippen LogP contribution in [0.3, 0.4) is 0 Å². The maximum Gasteiger partial charge on any atom is 0.210 e. The molecule has 3 rings (SSSR count). The zero-order valence-corrected chi connectivity index (χ0v) is 14.0. The first-order valence-corrected chi connectivity index (χ1v) is 7.95. The lowest BCUT2D eigenvalue weighted by atomic mass is 10.3. The zero-order chi connectivity index (χ0) is 15.5. The van der Waals surface area contributed by atoms with Crippen LogP contribution in [0.2, 0.25) is 5.02 Å². The van der Waals surface area contributed by atoms with Crippen LogP contribution in [0.15, 0.2) is 38.1 Å². The van der Waals surface area contributed by atoms with Gasteiger partial charge in [-0.25, -0.2) is 4.99 Å². The highest BCUT2D eigenvalue weighted by Gasteiger charge is 2.18. The van der Waals surface area contributed by atoms with Crippen molar-refractivity contribution < 1.29 is 14.3 Å². The van der Waals surface area contributed by atoms with Crippen molar-refractivity contribution in [2.75, 3.05) is 31.2 Å². The Morgan fingerprint density at radius 2 is 2.05 bits per heavy atom. The summed E-state index contributed by atoms with van der Waals surface area (Å²) in [6, 6.07) is 6.62. The molecule has 0 unspecified atom stereocenters. The van der Waals surface area contributed by atoms with Gasteiger partial charge in [-0.05, 0) is 28.1 Å². The van der Waals surface area contributed by atoms with Crippen molar-refractivity contribution in [1.29, 1.82) is 0 Å². The number of phenolic OH excluding ortho intramolecular Hbond substituents is 1. The number of benzene rings is 1. The molecule has 0 radical (unpaired) electrons. The number of phenols is 1. The Morgan fingerprint density at radius 1 is 1.27 bits per heavy atom. The van der Waals surface area contributed by atoms with Crippen molar-refractivity contribution in [3.63, 3.8) is 0 Å². The minimum absolute atomic E-state index is 0.0303. The Morgan fingerprint density at radius 3 is 2.77 bits per heavy atom. The standard InChI is InChI=1S/C15H14BrClN2O3/c16-12-8-11(22-15(12)19-3-5-21-6-4-19)9-18-13-2-1-10(17)7-14(13)20/h1-2,7-9,20H,3-6H2. The average Bonchev–Trinajstić information content (AvgIpc) is 2.88. The first kappa shape index (κ1) is 15.4. The van der Waals surface area contributed by atoms with Gasteiger partial charge in [0.1, 0.15) is 17.2 Å². The number of morpholine rings is 1. The van der Waals surface area contributed by atoms with Crippen LogP contribution in [-0.2, 0) is 4.74 Å². The molecule has 1 fully saturated rings. The highest BCUT2D eigenvalue weighted by atomic mass is 79.9. The zero-order valence-electron chi connectivity index (χ0n) is 11.6. The van der Waals surface area contributed by atoms with E-state index in [1.165, 1.54) is 6.07 Å². The molecule has 1 aromatic heterocycles. The molecule has 1 saturated heterocycles. The Hall–Kier alpha value is -1.50. The van der Waals surface area contributed by atoms with Crippen LogP contribution < -0.4 is 4.90 Å². The number of aromatic hydroxyl groups is 1. The number of rotatable bonds is 3. The van der Waals surface area contributed by atoms with Crippen LogP contribution in [0.5, 0.6) is 5.75 Å². The predicted molar refractivity (Wildman–Crippen MR) is 89.8 cm³/mol. The fourth-order valence-electron chi connectivity index (χ4n) is 2.16. The van der Waals surface area contributed by atoms with Crippen LogP contribution in [0.4, 0.5) is 11.6 Å². The fraction of sp³-hybridized carbons (Fsp3) is 0.267. The van der Waals surface area contributed by atoms with Gasteiger partial charge in [0.15, 0.2) is 0 Å². The lowest BCUT2D eigenvalue weighted by Crippen LogP contribution is -2.36. The molecule has 116 valence electrons. The number of nitrogens with zero attached hydrogens (tertiary/aromatic N) is 2. The number of halogens is 2. The molecule has 0 aliphatic carbocycles. The maximum absolute atomic E-state index is 9.77. The normalized spacial score (nSPS) is 15.6. The van der Waals surface area contributed by atoms with Crippen molar-refractivity contribution in [1.82, 2.24) is 0 Å². The number of ether oxygens (including phenoxy) is 1. The van der Waals surface area contributed by atoms with E-state index in [9.17, 15) is 5.11 Å². The van der Waals surface area contributed by atoms with Gasteiger partial charge in [-0.15, -0.1) is 0 Å². The Bertz CT molecular complexity index is 696. The van der Waals surface area contributed by atoms with E-state index in [4.69, 9.17) is 20.8 Å². The molecule has 0 amide bonds. The molecule has 2 heterocycles. The summed E-state index contributed by atoms with van der Waals surface area (Å²) in [5.41, 5.74) is 0.435. The van der Waals surface area contributed by atoms with Crippen molar-refractivity contribution in [2.24, 2.45) is 4.99 Å². The van der Waals surface area contributed by atoms with Gasteiger partial charge in [0, 0.05) is 30.2 Å². The minimum Gasteiger partial charge on any atom is -0.506 e. The number of hydrogen-bond acceptors (Lipinski definition) is 5. The van der Waals surface area contributed by atoms with Crippen molar-refractivity contribution in [3.05, 3.63) is 39.5 Å². The summed E-state index contributed by atoms with van der Waals surface area (Å²) in [6.45, 7) is 2.96. The van der Waals surface area contributed by atoms with Crippen LogP contribution in [0.1, 0.15) is 5.76 Å². The lowest BCUT2D eigenvalue weighted by Gasteiger charge is -2.26. The van der Waals surface area contributed by atoms with E-state index in [1.54, 1.807) is 18.3 Å². The largest absolute Gasteiger partial charge is 0.506 e. The van der Waals surface area contributed by atoms with Gasteiger partial charge in [0.2, 0.25) is 5.88 Å². The topological polar surface area (TPSA) is 58.2 Å². The van der Waals surface area contributed by atoms with Gasteiger partial charge in [-0.1, -0.05) is 11.6 Å². The van der Waals surface area contributed by atoms with Crippen LogP contribution >= 0.6 is 27.5 Å². The van der Waals surface area contributed by atoms with E-state index in [0.29, 0.717) is 29.7 Å². The summed E-state index contributed by atoms with van der Waals surface area (Å²) < 4.78 is 12.0. The monoisotopic (exact) mass is 384 g/mol. The van der Waals surface area contributed by atoms with Gasteiger partial charge in [-0.3, -0.25) is 0 Å². The van der Waals surface area contributed by atoms with Crippen LogP contribution in [0.25, 0.3) is 0 Å². The molecule has 1 aliphatic rings. The van der Waals surface area contributed by atoms with Crippen LogP contribution in [-0.4, -0.2) is 37.6 Å². The van der Waals surface area contributed by atoms with Crippen molar-refractivity contribution in [2.45, 2.75) is 0 Å². The maximum atomic E-state index is 9.77. The SMILES string of the molecule is Oc1cc(Cl)ccc1N=Cc1cc(Br)c(N2CCOCC2)o1. The molecule has 0 atom stereocenters. The Labute approximate surface area is 141 Å². The first-order valence-electron chi connectivity index (χ1n) is 6.78. The molecule has 5 nitrogen and oxygen atoms in total. The van der Waals surface area contributed by atoms with Crippen molar-refractivity contribution in [3.8, 4) is 5.75 Å². The van der Waals surface area contributed by atoms with Crippen molar-refractivity contribution >= 4 is 45.3 Å². The predicted octanol–water partition coefficient (Wildman–Crippen LogP) is 3.99. The second-order valence-electron chi connectivity index (χ2n) is 4.79. The third kappa shape index (κ3) is 3.45. The summed E-state index contributed by atoms with van der Waals surface area (Å²) in [5.74, 6) is 1.40. The van der Waals surface area contributed by atoms with E-state index in [-0.39, 0.29) is 5.75 Å². The number of furan rings is 1. The molecule has 22 heavy (non-hydrogen) atoms. The first-order chi connectivity index (χ1) is 10.6. The van der Waals surface area contributed by atoms with Gasteiger partial charge in [0.05, 0.1) is 23.9 Å². The third-order valence-electron chi connectivity index (χ3n) is 3.25.